The van der Waals surface area contributed by atoms with Crippen molar-refractivity contribution in [1.82, 2.24) is 0 Å². The summed E-state index contributed by atoms with van der Waals surface area (Å²) in [4.78, 5) is 20.3. The zero-order valence-electron chi connectivity index (χ0n) is 7.45. The van der Waals surface area contributed by atoms with Gasteiger partial charge in [-0.05, 0) is 0 Å². The second-order valence-corrected chi connectivity index (χ2v) is 2.34. The fourth-order valence-electron chi connectivity index (χ4n) is 0.594. The minimum Gasteiger partial charge on any atom is -0.542 e. The van der Waals surface area contributed by atoms with Crippen LogP contribution in [-0.2, 0) is 9.59 Å². The summed E-state index contributed by atoms with van der Waals surface area (Å²) in [6.07, 6.45) is -6.12. The molecule has 0 aromatic carbocycles. The average molecular weight is 216 g/mol. The third-order valence-corrected chi connectivity index (χ3v) is 1.37. The van der Waals surface area contributed by atoms with Gasteiger partial charge in [-0.2, -0.15) is 0 Å². The van der Waals surface area contributed by atoms with Crippen LogP contribution in [0.1, 0.15) is 0 Å². The first-order chi connectivity index (χ1) is 5.91. The summed E-state index contributed by atoms with van der Waals surface area (Å²) in [6.45, 7) is -0.904. The maximum absolute atomic E-state index is 10.4. The van der Waals surface area contributed by atoms with Crippen LogP contribution in [0.4, 0.5) is 0 Å². The average Bonchev–Trinajstić information content (AvgIpc) is 2.12. The van der Waals surface area contributed by atoms with Crippen LogP contribution in [0.2, 0.25) is 0 Å². The van der Waals surface area contributed by atoms with Gasteiger partial charge in [-0.15, -0.1) is 0 Å². The molecule has 0 fully saturated rings. The van der Waals surface area contributed by atoms with E-state index < -0.39 is 36.7 Å². The van der Waals surface area contributed by atoms with Gasteiger partial charge in [0.2, 0.25) is 5.78 Å². The Morgan fingerprint density at radius 2 is 1.64 bits per heavy atom. The molecule has 0 saturated carbocycles. The number of carboxylic acids is 1. The van der Waals surface area contributed by atoms with Crippen molar-refractivity contribution < 1.29 is 64.7 Å². The molecule has 0 spiro atoms. The molecule has 14 heavy (non-hydrogen) atoms. The molecule has 0 radical (unpaired) electrons. The number of ketones is 1. The number of aliphatic carboxylic acids is 1. The van der Waals surface area contributed by atoms with Crippen molar-refractivity contribution in [2.24, 2.45) is 0 Å². The molecule has 0 aliphatic carbocycles. The van der Waals surface area contributed by atoms with Crippen molar-refractivity contribution in [3.63, 3.8) is 0 Å². The second kappa shape index (κ2) is 7.30. The quantitative estimate of drug-likeness (QED) is 0.264. The fourth-order valence-corrected chi connectivity index (χ4v) is 0.594. The molecule has 0 bridgehead atoms. The molecule has 3 atom stereocenters. The minimum absolute atomic E-state index is 0. The summed E-state index contributed by atoms with van der Waals surface area (Å²) in [5, 5.41) is 44.5. The smallest absolute Gasteiger partial charge is 0.542 e. The largest absolute Gasteiger partial charge is 1.00 e. The van der Waals surface area contributed by atoms with E-state index >= 15 is 0 Å². The molecule has 8 heteroatoms. The van der Waals surface area contributed by atoms with Gasteiger partial charge in [-0.1, -0.05) is 0 Å². The number of aliphatic hydroxyl groups excluding tert-OH is 4. The second-order valence-electron chi connectivity index (χ2n) is 2.34. The van der Waals surface area contributed by atoms with E-state index in [1.165, 1.54) is 0 Å². The van der Waals surface area contributed by atoms with Crippen molar-refractivity contribution in [2.45, 2.75) is 18.3 Å². The molecular weight excluding hydrogens is 207 g/mol. The molecule has 0 amide bonds. The van der Waals surface area contributed by atoms with E-state index in [-0.39, 0.29) is 29.6 Å². The molecule has 3 unspecified atom stereocenters. The molecule has 0 saturated heterocycles. The zero-order chi connectivity index (χ0) is 10.6. The number of carbonyl (C=O) groups is 2. The van der Waals surface area contributed by atoms with E-state index in [0.29, 0.717) is 0 Å². The van der Waals surface area contributed by atoms with Crippen LogP contribution in [-0.4, -0.2) is 57.1 Å². The number of Topliss-reactive ketones (excluding diaryl/α,β-unsaturated/α-hetero) is 1. The van der Waals surface area contributed by atoms with Gasteiger partial charge in [-0.3, -0.25) is 4.79 Å². The predicted octanol–water partition coefficient (Wildman–Crippen LogP) is -7.62. The van der Waals surface area contributed by atoms with Gasteiger partial charge in [0.05, 0.1) is 6.61 Å². The predicted molar refractivity (Wildman–Crippen MR) is 35.1 cm³/mol. The normalized spacial score (nSPS) is 16.3. The van der Waals surface area contributed by atoms with Crippen LogP contribution in [0.25, 0.3) is 0 Å². The van der Waals surface area contributed by atoms with Crippen molar-refractivity contribution in [3.8, 4) is 0 Å². The fraction of sp³-hybridized carbons (Fsp3) is 0.667. The van der Waals surface area contributed by atoms with Crippen molar-refractivity contribution >= 4 is 11.8 Å². The Balaban J connectivity index is 0. The number of carboxylic acid groups (broad SMARTS) is 1. The summed E-state index contributed by atoms with van der Waals surface area (Å²) in [5.41, 5.74) is 0. The van der Waals surface area contributed by atoms with Gasteiger partial charge in [0.25, 0.3) is 0 Å². The number of aliphatic hydroxyl groups is 4. The summed E-state index contributed by atoms with van der Waals surface area (Å²) >= 11 is 0. The van der Waals surface area contributed by atoms with E-state index in [9.17, 15) is 14.7 Å². The number of hydrogen-bond donors (Lipinski definition) is 4. The van der Waals surface area contributed by atoms with Crippen molar-refractivity contribution in [1.29, 1.82) is 0 Å². The standard InChI is InChI=1S/C6H10O7.Na/c7-1-2(8)3(9)4(10)5(11)6(12)13;/h2-4,7-10H,1H2,(H,12,13);/q;+1/p-1. The Bertz CT molecular complexity index is 206. The first-order valence-corrected chi connectivity index (χ1v) is 3.32. The van der Waals surface area contributed by atoms with E-state index in [2.05, 4.69) is 0 Å². The van der Waals surface area contributed by atoms with Crippen LogP contribution in [0.15, 0.2) is 0 Å². The van der Waals surface area contributed by atoms with Gasteiger partial charge in [0, 0.05) is 0 Å². The third kappa shape index (κ3) is 4.47. The molecule has 4 N–H and O–H groups in total. The maximum Gasteiger partial charge on any atom is 1.00 e. The van der Waals surface area contributed by atoms with Crippen molar-refractivity contribution in [3.05, 3.63) is 0 Å². The Hall–Kier alpha value is -0.0200. The monoisotopic (exact) mass is 216 g/mol. The van der Waals surface area contributed by atoms with E-state index in [0.717, 1.165) is 0 Å². The Morgan fingerprint density at radius 3 is 1.93 bits per heavy atom. The summed E-state index contributed by atoms with van der Waals surface area (Å²) in [6, 6.07) is 0. The SMILES string of the molecule is O=C([O-])C(=O)C(O)C(O)C(O)CO.[Na+]. The first-order valence-electron chi connectivity index (χ1n) is 3.32. The summed E-state index contributed by atoms with van der Waals surface area (Å²) in [5.74, 6) is -3.92. The van der Waals surface area contributed by atoms with Crippen LogP contribution < -0.4 is 34.7 Å². The van der Waals surface area contributed by atoms with Gasteiger partial charge >= 0.3 is 29.6 Å². The Morgan fingerprint density at radius 1 is 1.21 bits per heavy atom. The van der Waals surface area contributed by atoms with Crippen molar-refractivity contribution in [2.75, 3.05) is 6.61 Å². The summed E-state index contributed by atoms with van der Waals surface area (Å²) in [7, 11) is 0. The number of carbonyl (C=O) groups excluding carboxylic acids is 2. The van der Waals surface area contributed by atoms with Crippen LogP contribution in [0.3, 0.4) is 0 Å². The Kier molecular flexibility index (Phi) is 8.55. The van der Waals surface area contributed by atoms with Crippen LogP contribution >= 0.6 is 0 Å². The zero-order valence-corrected chi connectivity index (χ0v) is 9.45. The van der Waals surface area contributed by atoms with E-state index in [4.69, 9.17) is 20.4 Å². The third-order valence-electron chi connectivity index (χ3n) is 1.37. The molecule has 0 aromatic heterocycles. The van der Waals surface area contributed by atoms with Gasteiger partial charge in [0.1, 0.15) is 24.3 Å². The minimum atomic E-state index is -2.30. The molecule has 7 nitrogen and oxygen atoms in total. The van der Waals surface area contributed by atoms with Crippen LogP contribution in [0, 0.1) is 0 Å². The van der Waals surface area contributed by atoms with Gasteiger partial charge in [0.15, 0.2) is 0 Å². The van der Waals surface area contributed by atoms with E-state index in [1.807, 2.05) is 0 Å². The topological polar surface area (TPSA) is 138 Å². The van der Waals surface area contributed by atoms with Crippen LogP contribution in [0.5, 0.6) is 0 Å². The van der Waals surface area contributed by atoms with Gasteiger partial charge in [-0.25, -0.2) is 0 Å². The number of hydrogen-bond acceptors (Lipinski definition) is 7. The molecule has 0 aliphatic rings. The molecule has 0 heterocycles. The first kappa shape index (κ1) is 16.4. The van der Waals surface area contributed by atoms with E-state index in [1.54, 1.807) is 0 Å². The maximum atomic E-state index is 10.4. The molecular formula is C6H9NaO7. The summed E-state index contributed by atoms with van der Waals surface area (Å²) < 4.78 is 0. The molecule has 0 aliphatic heterocycles. The molecule has 0 aromatic rings. The molecule has 0 rings (SSSR count). The number of rotatable bonds is 5. The molecule has 76 valence electrons. The van der Waals surface area contributed by atoms with Gasteiger partial charge < -0.3 is 30.3 Å². The Labute approximate surface area is 101 Å².